The second-order valence-electron chi connectivity index (χ2n) is 9.48. The third-order valence-corrected chi connectivity index (χ3v) is 7.62. The van der Waals surface area contributed by atoms with Gasteiger partial charge in [0.15, 0.2) is 0 Å². The van der Waals surface area contributed by atoms with Crippen molar-refractivity contribution in [3.8, 4) is 17.1 Å². The van der Waals surface area contributed by atoms with E-state index in [1.165, 1.54) is 46.1 Å². The number of fused-ring (bicyclic) bond motifs is 3. The number of hydrogen-bond donors (Lipinski definition) is 0. The van der Waals surface area contributed by atoms with E-state index in [0.717, 1.165) is 23.9 Å². The fourth-order valence-electron chi connectivity index (χ4n) is 6.01. The van der Waals surface area contributed by atoms with Crippen LogP contribution in [0.1, 0.15) is 36.9 Å². The molecule has 3 aromatic heterocycles. The summed E-state index contributed by atoms with van der Waals surface area (Å²) in [6.07, 6.45) is 9.97. The van der Waals surface area contributed by atoms with E-state index >= 15 is 0 Å². The van der Waals surface area contributed by atoms with Crippen LogP contribution in [0.3, 0.4) is 0 Å². The van der Waals surface area contributed by atoms with E-state index in [1.54, 1.807) is 12.5 Å². The topological polar surface area (TPSA) is 43.9 Å². The number of oxazole rings is 1. The summed E-state index contributed by atoms with van der Waals surface area (Å²) in [4.78, 5) is 9.19. The van der Waals surface area contributed by atoms with Gasteiger partial charge in [0, 0.05) is 33.6 Å². The number of aromatic nitrogens is 3. The molecule has 1 aliphatic rings. The summed E-state index contributed by atoms with van der Waals surface area (Å²) in [5.74, 6) is 0.637. The van der Waals surface area contributed by atoms with Crippen LogP contribution in [0, 0.1) is 0 Å². The maximum atomic E-state index is 5.61. The lowest BCUT2D eigenvalue weighted by molar-refractivity contribution is 0.518. The highest BCUT2D eigenvalue weighted by Gasteiger charge is 2.38. The minimum Gasteiger partial charge on any atom is -0.445 e. The maximum absolute atomic E-state index is 5.61. The molecule has 0 bridgehead atoms. The first-order valence-electron chi connectivity index (χ1n) is 12.3. The maximum Gasteiger partial charge on any atom is 0.225 e. The highest BCUT2D eigenvalue weighted by atomic mass is 16.3. The van der Waals surface area contributed by atoms with E-state index in [4.69, 9.17) is 9.40 Å². The molecule has 0 spiro atoms. The Balaban J connectivity index is 1.47. The molecule has 0 radical (unpaired) electrons. The van der Waals surface area contributed by atoms with Crippen LogP contribution in [0.4, 0.5) is 0 Å². The highest BCUT2D eigenvalue weighted by Crippen LogP contribution is 2.46. The van der Waals surface area contributed by atoms with Gasteiger partial charge in [-0.25, -0.2) is 4.98 Å². The number of hydrogen-bond acceptors (Lipinski definition) is 3. The lowest BCUT2D eigenvalue weighted by Gasteiger charge is -2.29. The summed E-state index contributed by atoms with van der Waals surface area (Å²) in [6, 6.07) is 30.5. The molecular formula is C31H25N3O. The summed E-state index contributed by atoms with van der Waals surface area (Å²) in [5.41, 5.74) is 6.99. The quantitative estimate of drug-likeness (QED) is 0.274. The number of para-hydroxylation sites is 1. The minimum absolute atomic E-state index is 0.0285. The molecule has 0 aliphatic heterocycles. The molecule has 1 aliphatic carbocycles. The molecule has 170 valence electrons. The Bertz CT molecular complexity index is 1640. The molecule has 7 rings (SSSR count). The Morgan fingerprint density at radius 2 is 1.57 bits per heavy atom. The third-order valence-electron chi connectivity index (χ3n) is 7.62. The molecule has 4 nitrogen and oxygen atoms in total. The Morgan fingerprint density at radius 1 is 0.714 bits per heavy atom. The highest BCUT2D eigenvalue weighted by molar-refractivity contribution is 6.10. The van der Waals surface area contributed by atoms with Crippen LogP contribution < -0.4 is 0 Å². The van der Waals surface area contributed by atoms with Crippen molar-refractivity contribution in [1.82, 2.24) is 14.5 Å². The SMILES string of the molecule is c1ccc(C2(c3cccc(-n4c5ccccc5c5ccc(-c6ncco6)cc54)c3)CCCC2)nc1. The Morgan fingerprint density at radius 3 is 2.40 bits per heavy atom. The van der Waals surface area contributed by atoms with Crippen LogP contribution in [0.25, 0.3) is 38.9 Å². The van der Waals surface area contributed by atoms with Gasteiger partial charge in [-0.15, -0.1) is 0 Å². The first-order valence-corrected chi connectivity index (χ1v) is 12.3. The van der Waals surface area contributed by atoms with Crippen molar-refractivity contribution >= 4 is 21.8 Å². The van der Waals surface area contributed by atoms with Crippen LogP contribution in [-0.2, 0) is 5.41 Å². The van der Waals surface area contributed by atoms with Gasteiger partial charge in [-0.1, -0.05) is 55.3 Å². The number of pyridine rings is 1. The minimum atomic E-state index is -0.0285. The number of rotatable bonds is 4. The summed E-state index contributed by atoms with van der Waals surface area (Å²) in [7, 11) is 0. The zero-order chi connectivity index (χ0) is 23.2. The predicted octanol–water partition coefficient (Wildman–Crippen LogP) is 7.69. The third kappa shape index (κ3) is 3.13. The summed E-state index contributed by atoms with van der Waals surface area (Å²) >= 11 is 0. The van der Waals surface area contributed by atoms with Gasteiger partial charge in [-0.3, -0.25) is 4.98 Å². The van der Waals surface area contributed by atoms with Crippen LogP contribution >= 0.6 is 0 Å². The second kappa shape index (κ2) is 7.95. The molecule has 6 aromatic rings. The summed E-state index contributed by atoms with van der Waals surface area (Å²) in [6.45, 7) is 0. The van der Waals surface area contributed by atoms with Gasteiger partial charge < -0.3 is 8.98 Å². The zero-order valence-corrected chi connectivity index (χ0v) is 19.4. The van der Waals surface area contributed by atoms with Crippen LogP contribution in [0.5, 0.6) is 0 Å². The fraction of sp³-hybridized carbons (Fsp3) is 0.161. The number of benzene rings is 3. The summed E-state index contributed by atoms with van der Waals surface area (Å²) in [5, 5.41) is 2.47. The van der Waals surface area contributed by atoms with Crippen molar-refractivity contribution < 1.29 is 4.42 Å². The zero-order valence-electron chi connectivity index (χ0n) is 19.4. The van der Waals surface area contributed by atoms with Crippen molar-refractivity contribution in [2.24, 2.45) is 0 Å². The first-order chi connectivity index (χ1) is 17.3. The van der Waals surface area contributed by atoms with Crippen molar-refractivity contribution in [2.75, 3.05) is 0 Å². The van der Waals surface area contributed by atoms with E-state index in [1.807, 2.05) is 12.3 Å². The molecule has 1 saturated carbocycles. The average Bonchev–Trinajstić information content (AvgIpc) is 3.69. The van der Waals surface area contributed by atoms with Gasteiger partial charge in [0.1, 0.15) is 6.26 Å². The average molecular weight is 456 g/mol. The molecule has 4 heteroatoms. The predicted molar refractivity (Wildman–Crippen MR) is 140 cm³/mol. The molecular weight excluding hydrogens is 430 g/mol. The van der Waals surface area contributed by atoms with E-state index in [9.17, 15) is 0 Å². The number of nitrogens with zero attached hydrogens (tertiary/aromatic N) is 3. The van der Waals surface area contributed by atoms with Gasteiger partial charge in [0.2, 0.25) is 5.89 Å². The van der Waals surface area contributed by atoms with Crippen molar-refractivity contribution in [3.63, 3.8) is 0 Å². The summed E-state index contributed by atoms with van der Waals surface area (Å²) < 4.78 is 7.99. The first kappa shape index (κ1) is 20.2. The van der Waals surface area contributed by atoms with Gasteiger partial charge in [-0.05, 0) is 60.9 Å². The normalized spacial score (nSPS) is 15.2. The standard InChI is InChI=1S/C31H25N3O/c1-2-11-27-25(10-1)26-14-13-22(30-33-18-19-35-30)20-28(26)34(27)24-9-7-8-23(21-24)31(15-4-5-16-31)29-12-3-6-17-32-29/h1-3,6-14,17-21H,4-5,15-16H2. The van der Waals surface area contributed by atoms with Crippen LogP contribution in [0.15, 0.2) is 108 Å². The van der Waals surface area contributed by atoms with E-state index < -0.39 is 0 Å². The Hall–Kier alpha value is -4.18. The van der Waals surface area contributed by atoms with E-state index in [-0.39, 0.29) is 5.41 Å². The van der Waals surface area contributed by atoms with Gasteiger partial charge >= 0.3 is 0 Å². The Labute approximate surface area is 203 Å². The van der Waals surface area contributed by atoms with Gasteiger partial charge in [0.05, 0.1) is 22.9 Å². The largest absolute Gasteiger partial charge is 0.445 e. The molecule has 1 fully saturated rings. The van der Waals surface area contributed by atoms with Gasteiger partial charge in [0.25, 0.3) is 0 Å². The van der Waals surface area contributed by atoms with E-state index in [0.29, 0.717) is 5.89 Å². The molecule has 0 N–H and O–H groups in total. The Kier molecular flexibility index (Phi) is 4.59. The van der Waals surface area contributed by atoms with Crippen LogP contribution in [-0.4, -0.2) is 14.5 Å². The molecule has 35 heavy (non-hydrogen) atoms. The monoisotopic (exact) mass is 455 g/mol. The molecule has 3 heterocycles. The molecule has 0 saturated heterocycles. The van der Waals surface area contributed by atoms with Gasteiger partial charge in [-0.2, -0.15) is 0 Å². The molecule has 0 amide bonds. The second-order valence-corrected chi connectivity index (χ2v) is 9.48. The molecule has 0 unspecified atom stereocenters. The lowest BCUT2D eigenvalue weighted by Crippen LogP contribution is -2.25. The van der Waals surface area contributed by atoms with Crippen LogP contribution in [0.2, 0.25) is 0 Å². The fourth-order valence-corrected chi connectivity index (χ4v) is 6.01. The van der Waals surface area contributed by atoms with Crippen molar-refractivity contribution in [2.45, 2.75) is 31.1 Å². The lowest BCUT2D eigenvalue weighted by atomic mass is 9.75. The smallest absolute Gasteiger partial charge is 0.225 e. The molecule has 0 atom stereocenters. The van der Waals surface area contributed by atoms with Crippen molar-refractivity contribution in [3.05, 3.63) is 115 Å². The van der Waals surface area contributed by atoms with E-state index in [2.05, 4.69) is 88.4 Å². The molecule has 3 aromatic carbocycles. The van der Waals surface area contributed by atoms with Crippen molar-refractivity contribution in [1.29, 1.82) is 0 Å².